The first kappa shape index (κ1) is 18.4. The highest BCUT2D eigenvalue weighted by molar-refractivity contribution is 5.80. The number of aliphatic carboxylic acids is 1. The average Bonchev–Trinajstić information content (AvgIpc) is 3.10. The van der Waals surface area contributed by atoms with Crippen molar-refractivity contribution in [1.29, 1.82) is 0 Å². The molecule has 6 nitrogen and oxygen atoms in total. The molecule has 0 fully saturated rings. The number of nitrogens with one attached hydrogen (secondary N) is 1. The molecule has 1 heterocycles. The second-order valence-corrected chi connectivity index (χ2v) is 5.98. The zero-order chi connectivity index (χ0) is 19.4. The molecule has 3 rings (SSSR count). The van der Waals surface area contributed by atoms with Crippen molar-refractivity contribution in [2.45, 2.75) is 6.42 Å². The minimum Gasteiger partial charge on any atom is -0.497 e. The molecule has 27 heavy (non-hydrogen) atoms. The van der Waals surface area contributed by atoms with Gasteiger partial charge in [0.1, 0.15) is 17.2 Å². The number of aromatic nitrogens is 1. The fourth-order valence-corrected chi connectivity index (χ4v) is 2.93. The minimum absolute atomic E-state index is 0.120. The highest BCUT2D eigenvalue weighted by Crippen LogP contribution is 2.35. The number of carbonyl (C=O) groups is 1. The van der Waals surface area contributed by atoms with E-state index >= 15 is 0 Å². The first-order valence-electron chi connectivity index (χ1n) is 8.35. The van der Waals surface area contributed by atoms with Crippen molar-refractivity contribution in [1.82, 2.24) is 4.98 Å². The van der Waals surface area contributed by atoms with E-state index in [0.29, 0.717) is 17.2 Å². The first-order chi connectivity index (χ1) is 13.0. The van der Waals surface area contributed by atoms with Gasteiger partial charge in [0.05, 0.1) is 27.8 Å². The smallest absolute Gasteiger partial charge is 0.309 e. The van der Waals surface area contributed by atoms with Gasteiger partial charge in [-0.2, -0.15) is 0 Å². The molecule has 0 aliphatic heterocycles. The van der Waals surface area contributed by atoms with Crippen molar-refractivity contribution in [3.05, 3.63) is 54.2 Å². The van der Waals surface area contributed by atoms with Gasteiger partial charge in [-0.3, -0.25) is 4.79 Å². The number of hydrogen-bond acceptors (Lipinski definition) is 4. The van der Waals surface area contributed by atoms with Gasteiger partial charge in [0.25, 0.3) is 0 Å². The van der Waals surface area contributed by atoms with E-state index in [4.69, 9.17) is 14.2 Å². The Morgan fingerprint density at radius 1 is 0.852 bits per heavy atom. The molecular formula is C21H21NO5. The molecule has 0 saturated heterocycles. The third kappa shape index (κ3) is 4.06. The van der Waals surface area contributed by atoms with E-state index in [-0.39, 0.29) is 6.42 Å². The summed E-state index contributed by atoms with van der Waals surface area (Å²) in [6, 6.07) is 15.0. The van der Waals surface area contributed by atoms with Crippen LogP contribution in [-0.4, -0.2) is 37.4 Å². The summed E-state index contributed by atoms with van der Waals surface area (Å²) in [4.78, 5) is 14.6. The van der Waals surface area contributed by atoms with Gasteiger partial charge in [0.2, 0.25) is 0 Å². The molecule has 0 radical (unpaired) electrons. The van der Waals surface area contributed by atoms with Crippen LogP contribution in [-0.2, 0) is 11.2 Å². The fourth-order valence-electron chi connectivity index (χ4n) is 2.93. The lowest BCUT2D eigenvalue weighted by Gasteiger charge is -2.09. The maximum absolute atomic E-state index is 11.3. The number of aromatic amines is 1. The number of carboxylic acid groups (broad SMARTS) is 1. The number of ether oxygens (including phenoxy) is 3. The van der Waals surface area contributed by atoms with Gasteiger partial charge in [0, 0.05) is 23.0 Å². The van der Waals surface area contributed by atoms with Crippen LogP contribution in [0.1, 0.15) is 5.69 Å². The second-order valence-electron chi connectivity index (χ2n) is 5.98. The Morgan fingerprint density at radius 3 is 1.96 bits per heavy atom. The third-order valence-electron chi connectivity index (χ3n) is 4.29. The molecule has 0 amide bonds. The number of hydrogen-bond donors (Lipinski definition) is 2. The van der Waals surface area contributed by atoms with Crippen LogP contribution < -0.4 is 14.2 Å². The van der Waals surface area contributed by atoms with Gasteiger partial charge in [-0.1, -0.05) is 0 Å². The molecule has 3 aromatic rings. The van der Waals surface area contributed by atoms with Gasteiger partial charge in [0.15, 0.2) is 0 Å². The summed E-state index contributed by atoms with van der Waals surface area (Å²) >= 11 is 0. The third-order valence-corrected chi connectivity index (χ3v) is 4.29. The molecule has 0 bridgehead atoms. The molecule has 0 aliphatic rings. The Hall–Kier alpha value is -3.41. The van der Waals surface area contributed by atoms with Crippen LogP contribution in [0.3, 0.4) is 0 Å². The van der Waals surface area contributed by atoms with Crippen LogP contribution in [0.2, 0.25) is 0 Å². The highest BCUT2D eigenvalue weighted by Gasteiger charge is 2.16. The zero-order valence-corrected chi connectivity index (χ0v) is 15.4. The van der Waals surface area contributed by atoms with Crippen LogP contribution >= 0.6 is 0 Å². The van der Waals surface area contributed by atoms with Crippen LogP contribution in [0.15, 0.2) is 48.5 Å². The van der Waals surface area contributed by atoms with E-state index in [1.54, 1.807) is 27.4 Å². The quantitative estimate of drug-likeness (QED) is 0.660. The Labute approximate surface area is 157 Å². The summed E-state index contributed by atoms with van der Waals surface area (Å²) in [5, 5.41) is 9.30. The Morgan fingerprint density at radius 2 is 1.44 bits per heavy atom. The van der Waals surface area contributed by atoms with Gasteiger partial charge >= 0.3 is 5.97 Å². The van der Waals surface area contributed by atoms with Crippen molar-refractivity contribution in [3.63, 3.8) is 0 Å². The Balaban J connectivity index is 2.10. The van der Waals surface area contributed by atoms with Crippen molar-refractivity contribution in [2.24, 2.45) is 0 Å². The number of methoxy groups -OCH3 is 3. The lowest BCUT2D eigenvalue weighted by molar-refractivity contribution is -0.136. The van der Waals surface area contributed by atoms with Gasteiger partial charge < -0.3 is 24.3 Å². The number of carboxylic acids is 1. The molecule has 0 spiro atoms. The molecule has 140 valence electrons. The summed E-state index contributed by atoms with van der Waals surface area (Å²) < 4.78 is 15.9. The standard InChI is InChI=1S/C21H21NO5/c1-25-15-6-4-13(5-7-15)19-11-18(20(22-19)12-21(23)24)14-8-16(26-2)10-17(9-14)27-3/h4-11,22H,12H2,1-3H3,(H,23,24). The lowest BCUT2D eigenvalue weighted by atomic mass is 10.0. The maximum atomic E-state index is 11.3. The monoisotopic (exact) mass is 367 g/mol. The Bertz CT molecular complexity index is 921. The summed E-state index contributed by atoms with van der Waals surface area (Å²) in [6.07, 6.45) is -0.120. The molecule has 2 N–H and O–H groups in total. The largest absolute Gasteiger partial charge is 0.497 e. The van der Waals surface area contributed by atoms with E-state index in [0.717, 1.165) is 28.1 Å². The Kier molecular flexibility index (Phi) is 5.35. The SMILES string of the molecule is COc1ccc(-c2cc(-c3cc(OC)cc(OC)c3)c(CC(=O)O)[nH]2)cc1. The van der Waals surface area contributed by atoms with Crippen molar-refractivity contribution in [2.75, 3.05) is 21.3 Å². The topological polar surface area (TPSA) is 80.8 Å². The molecule has 0 aliphatic carbocycles. The van der Waals surface area contributed by atoms with E-state index in [1.165, 1.54) is 0 Å². The highest BCUT2D eigenvalue weighted by atomic mass is 16.5. The van der Waals surface area contributed by atoms with Crippen molar-refractivity contribution >= 4 is 5.97 Å². The fraction of sp³-hybridized carbons (Fsp3) is 0.190. The lowest BCUT2D eigenvalue weighted by Crippen LogP contribution is -2.02. The molecule has 0 unspecified atom stereocenters. The summed E-state index contributed by atoms with van der Waals surface area (Å²) in [7, 11) is 4.77. The zero-order valence-electron chi connectivity index (χ0n) is 15.4. The van der Waals surface area contributed by atoms with Crippen molar-refractivity contribution in [3.8, 4) is 39.6 Å². The van der Waals surface area contributed by atoms with E-state index in [9.17, 15) is 9.90 Å². The van der Waals surface area contributed by atoms with E-state index in [1.807, 2.05) is 42.5 Å². The molecule has 0 saturated carbocycles. The minimum atomic E-state index is -0.908. The van der Waals surface area contributed by atoms with Crippen molar-refractivity contribution < 1.29 is 24.1 Å². The van der Waals surface area contributed by atoms with Gasteiger partial charge in [-0.15, -0.1) is 0 Å². The first-order valence-corrected chi connectivity index (χ1v) is 8.35. The van der Waals surface area contributed by atoms with Gasteiger partial charge in [-0.25, -0.2) is 0 Å². The molecule has 1 aromatic heterocycles. The molecule has 6 heteroatoms. The summed E-state index contributed by atoms with van der Waals surface area (Å²) in [5.41, 5.74) is 3.98. The normalized spacial score (nSPS) is 10.5. The second kappa shape index (κ2) is 7.86. The van der Waals surface area contributed by atoms with Crippen LogP contribution in [0.25, 0.3) is 22.4 Å². The molecule has 2 aromatic carbocycles. The van der Waals surface area contributed by atoms with E-state index in [2.05, 4.69) is 4.98 Å². The van der Waals surface area contributed by atoms with Crippen LogP contribution in [0.5, 0.6) is 17.2 Å². The predicted octanol–water partition coefficient (Wildman–Crippen LogP) is 4.00. The maximum Gasteiger partial charge on any atom is 0.309 e. The molecule has 0 atom stereocenters. The predicted molar refractivity (Wildman–Crippen MR) is 103 cm³/mol. The number of rotatable bonds is 7. The number of benzene rings is 2. The van der Waals surface area contributed by atoms with E-state index < -0.39 is 5.97 Å². The van der Waals surface area contributed by atoms with Crippen LogP contribution in [0.4, 0.5) is 0 Å². The van der Waals surface area contributed by atoms with Gasteiger partial charge in [-0.05, 0) is 53.6 Å². The van der Waals surface area contributed by atoms with Crippen LogP contribution in [0, 0.1) is 0 Å². The number of H-pyrrole nitrogens is 1. The molecular weight excluding hydrogens is 346 g/mol. The summed E-state index contributed by atoms with van der Waals surface area (Å²) in [6.45, 7) is 0. The summed E-state index contributed by atoms with van der Waals surface area (Å²) in [5.74, 6) is 1.12. The average molecular weight is 367 g/mol.